The molecule has 8 saturated carbocycles. The summed E-state index contributed by atoms with van der Waals surface area (Å²) < 4.78 is 85.2. The Morgan fingerprint density at radius 3 is 1.89 bits per heavy atom. The number of fused-ring (bicyclic) bond motifs is 3. The van der Waals surface area contributed by atoms with Crippen molar-refractivity contribution in [3.05, 3.63) is 167 Å². The highest BCUT2D eigenvalue weighted by molar-refractivity contribution is 6.10. The third kappa shape index (κ3) is 8.47. The van der Waals surface area contributed by atoms with Crippen LogP contribution in [0.25, 0.3) is 55.8 Å². The highest BCUT2D eigenvalue weighted by Crippen LogP contribution is 2.74. The summed E-state index contributed by atoms with van der Waals surface area (Å²) in [7, 11) is 0. The van der Waals surface area contributed by atoms with Crippen LogP contribution in [-0.2, 0) is 32.0 Å². The van der Waals surface area contributed by atoms with E-state index in [0.717, 1.165) is 158 Å². The molecule has 0 radical (unpaired) electrons. The molecule has 76 heavy (non-hydrogen) atoms. The van der Waals surface area contributed by atoms with Crippen molar-refractivity contribution in [3.63, 3.8) is 0 Å². The Kier molecular flexibility index (Phi) is 9.10. The van der Waals surface area contributed by atoms with Crippen molar-refractivity contribution >= 4 is 22.1 Å². The quantitative estimate of drug-likeness (QED) is 0.176. The van der Waals surface area contributed by atoms with Crippen molar-refractivity contribution in [2.75, 3.05) is 0 Å². The number of rotatable bonds is 4. The van der Waals surface area contributed by atoms with Crippen molar-refractivity contribution in [2.24, 2.45) is 44.3 Å². The lowest BCUT2D eigenvalue weighted by Gasteiger charge is -2.67. The standard InChI is InChI=1S/C71H76N4O/c1-47-4-19-62(72-38-47)58-18-16-57(63-59-17-5-48(2)75-65(59)76-64(58)63)26-31-71-37-54-35-69(45-71)27-22-49-6-12-55(13-7-49)60-20-10-51(39-73-60)24-29-67-33-53-32-66(3,41-67)42-68(34-53,43-67)30-25-52-11-21-61(74-40-52)56-14-8-50(9-15-56)23-28-70(36-54,44-69)46-71/h4-21,38-40,53-54H,22-37,41-46H2,1-3H3/i3D2,22D2,26D2,29D2. The Morgan fingerprint density at radius 2 is 1.18 bits per heavy atom. The highest BCUT2D eigenvalue weighted by Gasteiger charge is 2.63. The number of hydrogen-bond acceptors (Lipinski definition) is 5. The summed E-state index contributed by atoms with van der Waals surface area (Å²) in [5.74, 6) is 0.679. The van der Waals surface area contributed by atoms with Crippen LogP contribution in [0.5, 0.6) is 0 Å². The van der Waals surface area contributed by atoms with E-state index in [1.54, 1.807) is 0 Å². The molecular weight excluding hydrogens is 925 g/mol. The first kappa shape index (κ1) is 39.4. The van der Waals surface area contributed by atoms with Crippen LogP contribution < -0.4 is 0 Å². The fourth-order valence-corrected chi connectivity index (χ4v) is 18.5. The van der Waals surface area contributed by atoms with Gasteiger partial charge in [-0.15, -0.1) is 0 Å². The molecule has 4 spiro atoms. The predicted molar refractivity (Wildman–Crippen MR) is 308 cm³/mol. The molecule has 8 fully saturated rings. The molecule has 5 nitrogen and oxygen atoms in total. The molecule has 16 bridgehead atoms. The summed E-state index contributed by atoms with van der Waals surface area (Å²) in [6.45, 7) is 2.97. The van der Waals surface area contributed by atoms with Gasteiger partial charge < -0.3 is 4.42 Å². The molecule has 386 valence electrons. The summed E-state index contributed by atoms with van der Waals surface area (Å²) >= 11 is 0. The van der Waals surface area contributed by atoms with Crippen LogP contribution >= 0.6 is 0 Å². The van der Waals surface area contributed by atoms with Gasteiger partial charge in [0.2, 0.25) is 5.71 Å². The minimum atomic E-state index is -1.76. The van der Waals surface area contributed by atoms with Crippen LogP contribution in [0.2, 0.25) is 0 Å². The molecule has 0 N–H and O–H groups in total. The van der Waals surface area contributed by atoms with Gasteiger partial charge in [-0.25, -0.2) is 4.98 Å². The molecule has 0 saturated heterocycles. The highest BCUT2D eigenvalue weighted by atomic mass is 16.3. The first-order valence-corrected chi connectivity index (χ1v) is 28.8. The Balaban J connectivity index is 0.779. The third-order valence-corrected chi connectivity index (χ3v) is 20.4. The van der Waals surface area contributed by atoms with E-state index in [1.165, 1.54) is 11.1 Å². The average Bonchev–Trinajstić information content (AvgIpc) is 0.847. The maximum Gasteiger partial charge on any atom is 0.227 e. The minimum Gasteiger partial charge on any atom is -0.437 e. The zero-order valence-corrected chi connectivity index (χ0v) is 44.5. The lowest BCUT2D eigenvalue weighted by Crippen LogP contribution is -2.57. The van der Waals surface area contributed by atoms with Gasteiger partial charge in [0.15, 0.2) is 0 Å². The second-order valence-electron chi connectivity index (χ2n) is 26.6. The fraction of sp³-hybridized carbons (Fsp3) is 0.465. The number of aromatic nitrogens is 4. The van der Waals surface area contributed by atoms with E-state index in [-0.39, 0.29) is 28.1 Å². The van der Waals surface area contributed by atoms with Crippen LogP contribution in [0.1, 0.15) is 166 Å². The van der Waals surface area contributed by atoms with Crippen molar-refractivity contribution in [1.82, 2.24) is 19.9 Å². The van der Waals surface area contributed by atoms with Gasteiger partial charge in [-0.2, -0.15) is 0 Å². The van der Waals surface area contributed by atoms with Gasteiger partial charge in [-0.05, 0) is 269 Å². The van der Waals surface area contributed by atoms with E-state index in [4.69, 9.17) is 27.1 Å². The van der Waals surface area contributed by atoms with Crippen LogP contribution in [0.4, 0.5) is 0 Å². The molecular formula is C71H76N4O. The number of aryl methyl sites for hydroxylation is 7. The molecule has 9 heterocycles. The van der Waals surface area contributed by atoms with E-state index in [2.05, 4.69) is 36.4 Å². The van der Waals surface area contributed by atoms with Crippen molar-refractivity contribution in [2.45, 2.75) is 162 Å². The minimum absolute atomic E-state index is 0.0785. The second-order valence-corrected chi connectivity index (χ2v) is 26.6. The number of benzene rings is 3. The number of furan rings is 1. The Hall–Kier alpha value is -5.94. The van der Waals surface area contributed by atoms with Crippen molar-refractivity contribution in [3.8, 4) is 33.8 Å². The largest absolute Gasteiger partial charge is 0.437 e. The van der Waals surface area contributed by atoms with E-state index in [1.807, 2.05) is 105 Å². The molecule has 4 aliphatic heterocycles. The van der Waals surface area contributed by atoms with Gasteiger partial charge in [0.1, 0.15) is 5.58 Å². The summed E-state index contributed by atoms with van der Waals surface area (Å²) in [5, 5.41) is 1.55. The topological polar surface area (TPSA) is 64.7 Å². The van der Waals surface area contributed by atoms with Crippen LogP contribution in [-0.4, -0.2) is 19.9 Å². The lowest BCUT2D eigenvalue weighted by molar-refractivity contribution is -0.166. The van der Waals surface area contributed by atoms with E-state index < -0.39 is 36.8 Å². The fourth-order valence-electron chi connectivity index (χ4n) is 18.5. The SMILES string of the molecule is [2H]C([2H])C12CC3CC4(CCc5ccc(nc5)-c5ccc(cc5)CCC56CC7CC(C5)(CC(CC([2H])([2H])c5ccc(-c8ccc(C)cn8)c8oc9nc(C)ccc9c58)(C7)C6)CC([2H])([2H])c5ccc(cc5)-c5ccc(cn5)CC([2H])([2H])C(C3)(C4)C1)C2. The molecule has 23 rings (SSSR count). The van der Waals surface area contributed by atoms with Crippen LogP contribution in [0, 0.1) is 58.2 Å². The second kappa shape index (κ2) is 17.5. The Morgan fingerprint density at radius 1 is 0.566 bits per heavy atom. The lowest BCUT2D eigenvalue weighted by atomic mass is 9.37. The first-order chi connectivity index (χ1) is 40.0. The molecule has 15 aliphatic rings. The van der Waals surface area contributed by atoms with Crippen molar-refractivity contribution < 1.29 is 15.4 Å². The Labute approximate surface area is 462 Å². The normalized spacial score (nSPS) is 34.6. The van der Waals surface area contributed by atoms with Gasteiger partial charge >= 0.3 is 0 Å². The van der Waals surface area contributed by atoms with E-state index in [9.17, 15) is 8.22 Å². The Bertz CT molecular complexity index is 3870. The van der Waals surface area contributed by atoms with E-state index >= 15 is 0 Å². The van der Waals surface area contributed by atoms with Crippen molar-refractivity contribution in [1.29, 1.82) is 0 Å². The summed E-state index contributed by atoms with van der Waals surface area (Å²) in [4.78, 5) is 19.6. The summed E-state index contributed by atoms with van der Waals surface area (Å²) in [6.07, 6.45) is 15.8. The number of hydrogen-bond donors (Lipinski definition) is 0. The summed E-state index contributed by atoms with van der Waals surface area (Å²) in [6, 6.07) is 37.1. The maximum atomic E-state index is 10.4. The molecule has 8 aromatic rings. The summed E-state index contributed by atoms with van der Waals surface area (Å²) in [5.41, 5.74) is 10.7. The molecule has 3 aromatic carbocycles. The zero-order valence-electron chi connectivity index (χ0n) is 52.5. The van der Waals surface area contributed by atoms with E-state index in [0.29, 0.717) is 53.5 Å². The van der Waals surface area contributed by atoms with Crippen LogP contribution in [0.3, 0.4) is 0 Å². The molecule has 5 aromatic heterocycles. The zero-order chi connectivity index (χ0) is 57.9. The molecule has 5 heteroatoms. The molecule has 0 amide bonds. The monoisotopic (exact) mass is 1010 g/mol. The van der Waals surface area contributed by atoms with Crippen LogP contribution in [0.15, 0.2) is 132 Å². The average molecular weight is 1010 g/mol. The maximum absolute atomic E-state index is 10.4. The third-order valence-electron chi connectivity index (χ3n) is 20.4. The first-order valence-electron chi connectivity index (χ1n) is 32.9. The van der Waals surface area contributed by atoms with Gasteiger partial charge in [0, 0.05) is 62.7 Å². The van der Waals surface area contributed by atoms with Gasteiger partial charge in [0.25, 0.3) is 0 Å². The van der Waals surface area contributed by atoms with Gasteiger partial charge in [-0.1, -0.05) is 79.7 Å². The predicted octanol–water partition coefficient (Wildman–Crippen LogP) is 17.8. The molecule has 11 aliphatic carbocycles. The van der Waals surface area contributed by atoms with Gasteiger partial charge in [-0.3, -0.25) is 15.0 Å². The number of nitrogens with zero attached hydrogens (tertiary/aromatic N) is 4. The molecule has 8 unspecified atom stereocenters. The smallest absolute Gasteiger partial charge is 0.227 e. The number of pyridine rings is 4. The molecule has 8 atom stereocenters. The van der Waals surface area contributed by atoms with Gasteiger partial charge in [0.05, 0.1) is 17.1 Å².